The first-order valence-corrected chi connectivity index (χ1v) is 14.9. The highest BCUT2D eigenvalue weighted by Gasteiger charge is 2.34. The van der Waals surface area contributed by atoms with Gasteiger partial charge in [-0.3, -0.25) is 4.79 Å². The summed E-state index contributed by atoms with van der Waals surface area (Å²) in [6.45, 7) is 3.63. The maximum absolute atomic E-state index is 13.9. The molecule has 8 nitrogen and oxygen atoms in total. The lowest BCUT2D eigenvalue weighted by molar-refractivity contribution is -0.139. The molecule has 41 heavy (non-hydrogen) atoms. The number of halogens is 3. The van der Waals surface area contributed by atoms with Gasteiger partial charge in [0.25, 0.3) is 0 Å². The molecular weight excluding hydrogens is 563 g/mol. The van der Waals surface area contributed by atoms with Crippen LogP contribution < -0.4 is 14.2 Å². The Bertz CT molecular complexity index is 1530. The molecule has 0 spiro atoms. The van der Waals surface area contributed by atoms with Crippen LogP contribution in [0.1, 0.15) is 46.6 Å². The third-order valence-corrected chi connectivity index (χ3v) is 7.71. The summed E-state index contributed by atoms with van der Waals surface area (Å²) < 4.78 is 81.2. The maximum atomic E-state index is 13.9. The summed E-state index contributed by atoms with van der Waals surface area (Å²) in [5.74, 6) is -0.308. The third-order valence-electron chi connectivity index (χ3n) is 6.68. The molecule has 1 aromatic heterocycles. The molecule has 0 fully saturated rings. The molecular formula is C29H30F3NO7S. The number of nitrogens with zero attached hydrogens (tertiary/aromatic N) is 1. The van der Waals surface area contributed by atoms with E-state index in [2.05, 4.69) is 4.98 Å². The van der Waals surface area contributed by atoms with Crippen LogP contribution in [0.25, 0.3) is 11.1 Å². The van der Waals surface area contributed by atoms with Gasteiger partial charge in [0.15, 0.2) is 0 Å². The Balaban J connectivity index is 1.55. The van der Waals surface area contributed by atoms with Crippen LogP contribution in [0.15, 0.2) is 42.6 Å². The second-order valence-corrected chi connectivity index (χ2v) is 12.3. The van der Waals surface area contributed by atoms with Gasteiger partial charge in [-0.25, -0.2) is 13.4 Å². The monoisotopic (exact) mass is 593 g/mol. The summed E-state index contributed by atoms with van der Waals surface area (Å²) in [4.78, 5) is 15.2. The number of rotatable bonds is 11. The highest BCUT2D eigenvalue weighted by atomic mass is 32.2. The Hall–Kier alpha value is -3.80. The van der Waals surface area contributed by atoms with Gasteiger partial charge in [0.1, 0.15) is 27.9 Å². The fourth-order valence-corrected chi connectivity index (χ4v) is 5.51. The number of carboxylic acids is 1. The first-order valence-electron chi connectivity index (χ1n) is 12.8. The molecule has 0 aliphatic carbocycles. The normalized spacial score (nSPS) is 14.8. The molecule has 3 aromatic rings. The minimum atomic E-state index is -4.61. The largest absolute Gasteiger partial charge is 0.494 e. The standard InChI is InChI=1S/C29H30F3NO7S/c1-17-9-22(38-7-4-8-41(3,36)37)10-18(2)28(17)19-5-6-24(29(30,31)32)21(11-19)16-40-26-13-25-23(14-33-26)20(15-39-25)12-27(34)35/h5-6,9-11,13-14,20H,4,7-8,12,15-16H2,1-3H3,(H,34,35). The van der Waals surface area contributed by atoms with Crippen LogP contribution in [-0.4, -0.2) is 49.7 Å². The Kier molecular flexibility index (Phi) is 8.81. The Labute approximate surface area is 236 Å². The van der Waals surface area contributed by atoms with E-state index in [0.29, 0.717) is 29.0 Å². The van der Waals surface area contributed by atoms with Crippen molar-refractivity contribution in [3.05, 3.63) is 70.4 Å². The number of aliphatic carboxylic acids is 1. The van der Waals surface area contributed by atoms with Crippen molar-refractivity contribution >= 4 is 15.8 Å². The van der Waals surface area contributed by atoms with Gasteiger partial charge in [0, 0.05) is 35.6 Å². The van der Waals surface area contributed by atoms with Crippen molar-refractivity contribution < 1.29 is 45.7 Å². The van der Waals surface area contributed by atoms with E-state index in [1.807, 2.05) is 13.8 Å². The number of fused-ring (bicyclic) bond motifs is 1. The fourth-order valence-electron chi connectivity index (χ4n) is 4.87. The topological polar surface area (TPSA) is 112 Å². The predicted molar refractivity (Wildman–Crippen MR) is 145 cm³/mol. The zero-order valence-corrected chi connectivity index (χ0v) is 23.6. The van der Waals surface area contributed by atoms with E-state index in [1.165, 1.54) is 24.4 Å². The molecule has 0 saturated heterocycles. The van der Waals surface area contributed by atoms with Crippen molar-refractivity contribution in [1.82, 2.24) is 4.98 Å². The van der Waals surface area contributed by atoms with E-state index in [9.17, 15) is 26.4 Å². The van der Waals surface area contributed by atoms with Crippen LogP contribution in [0.3, 0.4) is 0 Å². The molecule has 0 amide bonds. The predicted octanol–water partition coefficient (Wildman–Crippen LogP) is 5.73. The Morgan fingerprint density at radius 2 is 1.83 bits per heavy atom. The second kappa shape index (κ2) is 12.0. The summed E-state index contributed by atoms with van der Waals surface area (Å²) >= 11 is 0. The molecule has 1 unspecified atom stereocenters. The van der Waals surface area contributed by atoms with Crippen molar-refractivity contribution in [3.63, 3.8) is 0 Å². The quantitative estimate of drug-likeness (QED) is 0.281. The number of sulfone groups is 1. The fraction of sp³-hybridized carbons (Fsp3) is 0.379. The van der Waals surface area contributed by atoms with Gasteiger partial charge in [-0.15, -0.1) is 0 Å². The highest BCUT2D eigenvalue weighted by molar-refractivity contribution is 7.90. The SMILES string of the molecule is Cc1cc(OCCCS(C)(=O)=O)cc(C)c1-c1ccc(C(F)(F)F)c(COc2cc3c(cn2)C(CC(=O)O)CO3)c1. The Morgan fingerprint density at radius 1 is 1.12 bits per heavy atom. The number of aryl methyl sites for hydroxylation is 2. The van der Waals surface area contributed by atoms with E-state index in [-0.39, 0.29) is 42.7 Å². The molecule has 2 heterocycles. The highest BCUT2D eigenvalue weighted by Crippen LogP contribution is 2.39. The molecule has 1 aliphatic heterocycles. The molecule has 2 aromatic carbocycles. The van der Waals surface area contributed by atoms with E-state index in [1.54, 1.807) is 12.1 Å². The average molecular weight is 594 g/mol. The zero-order chi connectivity index (χ0) is 29.9. The molecule has 4 rings (SSSR count). The van der Waals surface area contributed by atoms with Crippen molar-refractivity contribution in [2.75, 3.05) is 25.2 Å². The first kappa shape index (κ1) is 30.2. The second-order valence-electron chi connectivity index (χ2n) is 10.1. The molecule has 0 saturated carbocycles. The van der Waals surface area contributed by atoms with Gasteiger partial charge < -0.3 is 19.3 Å². The molecule has 0 radical (unpaired) electrons. The zero-order valence-electron chi connectivity index (χ0n) is 22.7. The number of benzene rings is 2. The third kappa shape index (κ3) is 7.69. The molecule has 1 aliphatic rings. The number of aromatic nitrogens is 1. The summed E-state index contributed by atoms with van der Waals surface area (Å²) in [5.41, 5.74) is 2.58. The van der Waals surface area contributed by atoms with Gasteiger partial charge in [-0.2, -0.15) is 13.2 Å². The number of hydrogen-bond donors (Lipinski definition) is 1. The van der Waals surface area contributed by atoms with Crippen molar-refractivity contribution in [1.29, 1.82) is 0 Å². The number of hydrogen-bond acceptors (Lipinski definition) is 7. The van der Waals surface area contributed by atoms with Crippen molar-refractivity contribution in [2.45, 2.75) is 45.4 Å². The van der Waals surface area contributed by atoms with Gasteiger partial charge in [-0.1, -0.05) is 6.07 Å². The molecule has 1 N–H and O–H groups in total. The minimum Gasteiger partial charge on any atom is -0.494 e. The van der Waals surface area contributed by atoms with E-state index < -0.39 is 34.2 Å². The maximum Gasteiger partial charge on any atom is 0.416 e. The molecule has 220 valence electrons. The van der Waals surface area contributed by atoms with E-state index in [4.69, 9.17) is 19.3 Å². The number of carboxylic acid groups (broad SMARTS) is 1. The van der Waals surface area contributed by atoms with Crippen LogP contribution in [0.4, 0.5) is 13.2 Å². The van der Waals surface area contributed by atoms with Gasteiger partial charge >= 0.3 is 12.1 Å². The number of pyridine rings is 1. The number of carbonyl (C=O) groups is 1. The lowest BCUT2D eigenvalue weighted by Crippen LogP contribution is -2.11. The molecule has 0 bridgehead atoms. The smallest absolute Gasteiger partial charge is 0.416 e. The van der Waals surface area contributed by atoms with Crippen LogP contribution in [0.2, 0.25) is 0 Å². The van der Waals surface area contributed by atoms with E-state index >= 15 is 0 Å². The van der Waals surface area contributed by atoms with Crippen molar-refractivity contribution in [2.24, 2.45) is 0 Å². The minimum absolute atomic E-state index is 0.0126. The number of ether oxygens (including phenoxy) is 3. The summed E-state index contributed by atoms with van der Waals surface area (Å²) in [7, 11) is -3.09. The van der Waals surface area contributed by atoms with Crippen LogP contribution >= 0.6 is 0 Å². The van der Waals surface area contributed by atoms with Crippen LogP contribution in [0.5, 0.6) is 17.4 Å². The molecule has 1 atom stereocenters. The van der Waals surface area contributed by atoms with Gasteiger partial charge in [0.2, 0.25) is 5.88 Å². The van der Waals surface area contributed by atoms with Gasteiger partial charge in [-0.05, 0) is 66.8 Å². The van der Waals surface area contributed by atoms with Crippen molar-refractivity contribution in [3.8, 4) is 28.5 Å². The summed E-state index contributed by atoms with van der Waals surface area (Å²) in [6.07, 6.45) is -1.79. The summed E-state index contributed by atoms with van der Waals surface area (Å²) in [6, 6.07) is 8.87. The van der Waals surface area contributed by atoms with Crippen LogP contribution in [0, 0.1) is 13.8 Å². The summed E-state index contributed by atoms with van der Waals surface area (Å²) in [5, 5.41) is 9.06. The lowest BCUT2D eigenvalue weighted by Gasteiger charge is -2.18. The van der Waals surface area contributed by atoms with Gasteiger partial charge in [0.05, 0.1) is 31.0 Å². The van der Waals surface area contributed by atoms with E-state index in [0.717, 1.165) is 29.0 Å². The number of alkyl halides is 3. The van der Waals surface area contributed by atoms with Crippen LogP contribution in [-0.2, 0) is 27.4 Å². The lowest BCUT2D eigenvalue weighted by atomic mass is 9.92. The molecule has 12 heteroatoms. The first-order chi connectivity index (χ1) is 19.2. The average Bonchev–Trinajstić information content (AvgIpc) is 3.25. The Morgan fingerprint density at radius 3 is 2.46 bits per heavy atom.